The van der Waals surface area contributed by atoms with Gasteiger partial charge < -0.3 is 24.0 Å². The number of likely N-dealkylation sites (tertiary alicyclic amines) is 1. The van der Waals surface area contributed by atoms with Crippen LogP contribution >= 0.6 is 0 Å². The number of nitrogens with zero attached hydrogens (tertiary/aromatic N) is 2. The van der Waals surface area contributed by atoms with Crippen molar-refractivity contribution in [3.63, 3.8) is 0 Å². The summed E-state index contributed by atoms with van der Waals surface area (Å²) in [5, 5.41) is 0. The molecule has 0 spiro atoms. The number of amides is 1. The van der Waals surface area contributed by atoms with Crippen LogP contribution in [0.2, 0.25) is 0 Å². The molecule has 0 aromatic carbocycles. The highest BCUT2D eigenvalue weighted by molar-refractivity contribution is 5.69. The third kappa shape index (κ3) is 33.6. The number of esters is 2. The highest BCUT2D eigenvalue weighted by Gasteiger charge is 2.29. The predicted octanol–water partition coefficient (Wildman–Crippen LogP) is 15.6. The van der Waals surface area contributed by atoms with Crippen LogP contribution in [0.4, 0.5) is 4.79 Å². The number of hydrogen-bond donors (Lipinski definition) is 0. The molecule has 1 rings (SSSR count). The highest BCUT2D eigenvalue weighted by Crippen LogP contribution is 2.24. The third-order valence-electron chi connectivity index (χ3n) is 13.1. The van der Waals surface area contributed by atoms with E-state index in [1.807, 2.05) is 25.7 Å². The molecule has 1 amide bonds. The van der Waals surface area contributed by atoms with Crippen LogP contribution < -0.4 is 0 Å². The van der Waals surface area contributed by atoms with E-state index >= 15 is 0 Å². The molecule has 1 aliphatic rings. The molecule has 1 heterocycles. The molecule has 0 saturated carbocycles. The Morgan fingerprint density at radius 2 is 0.839 bits per heavy atom. The maximum absolute atomic E-state index is 12.9. The molecule has 8 heteroatoms. The maximum atomic E-state index is 12.9. The van der Waals surface area contributed by atoms with Gasteiger partial charge in [-0.1, -0.05) is 169 Å². The standard InChI is InChI=1S/C54H104N2O6/c1-8-12-16-20-22-28-36-48(34-26-18-14-10-3)46-60-51(57)38-30-24-32-42-55(50-40-44-56(45-41-50)53(59)62-54(5,6)7)43-33-25-31-39-52(58)61-47-49(35-27-19-15-11-4)37-29-23-21-17-13-9-2/h48-50H,8-47H2,1-7H3. The van der Waals surface area contributed by atoms with E-state index in [0.29, 0.717) is 57.0 Å². The summed E-state index contributed by atoms with van der Waals surface area (Å²) in [6, 6.07) is 0.422. The molecule has 1 fully saturated rings. The van der Waals surface area contributed by atoms with Crippen LogP contribution in [0.15, 0.2) is 0 Å². The normalized spacial score (nSPS) is 14.6. The Morgan fingerprint density at radius 1 is 0.500 bits per heavy atom. The van der Waals surface area contributed by atoms with Crippen molar-refractivity contribution in [2.24, 2.45) is 11.8 Å². The number of unbranched alkanes of at least 4 members (excludes halogenated alkanes) is 20. The predicted molar refractivity (Wildman–Crippen MR) is 262 cm³/mol. The lowest BCUT2D eigenvalue weighted by Gasteiger charge is -2.39. The fraction of sp³-hybridized carbons (Fsp3) is 0.944. The summed E-state index contributed by atoms with van der Waals surface area (Å²) in [5.41, 5.74) is -0.494. The SMILES string of the molecule is CCCCCCCCC(CCCCCC)COC(=O)CCCCCN(CCCCCC(=O)OCC(CCCCCC)CCCCCCCC)C1CCN(C(=O)OC(C)(C)C)CC1. The number of ether oxygens (including phenoxy) is 3. The van der Waals surface area contributed by atoms with Crippen molar-refractivity contribution < 1.29 is 28.6 Å². The minimum absolute atomic E-state index is 0.0308. The fourth-order valence-corrected chi connectivity index (χ4v) is 9.07. The minimum Gasteiger partial charge on any atom is -0.465 e. The maximum Gasteiger partial charge on any atom is 0.410 e. The summed E-state index contributed by atoms with van der Waals surface area (Å²) in [6.07, 6.45) is 39.0. The van der Waals surface area contributed by atoms with Gasteiger partial charge in [-0.3, -0.25) is 9.59 Å². The van der Waals surface area contributed by atoms with Gasteiger partial charge in [0.15, 0.2) is 0 Å². The Labute approximate surface area is 384 Å². The van der Waals surface area contributed by atoms with E-state index < -0.39 is 5.60 Å². The molecule has 0 radical (unpaired) electrons. The largest absolute Gasteiger partial charge is 0.465 e. The van der Waals surface area contributed by atoms with Crippen LogP contribution in [0.25, 0.3) is 0 Å². The van der Waals surface area contributed by atoms with E-state index in [0.717, 1.165) is 64.5 Å². The number of carbonyl (C=O) groups excluding carboxylic acids is 3. The Kier molecular flexibility index (Phi) is 37.1. The van der Waals surface area contributed by atoms with E-state index in [9.17, 15) is 14.4 Å². The molecule has 0 bridgehead atoms. The second kappa shape index (κ2) is 39.5. The minimum atomic E-state index is -0.494. The number of rotatable bonds is 41. The van der Waals surface area contributed by atoms with Crippen LogP contribution in [0, 0.1) is 11.8 Å². The Bertz CT molecular complexity index is 996. The zero-order valence-corrected chi connectivity index (χ0v) is 42.4. The van der Waals surface area contributed by atoms with Crippen molar-refractivity contribution >= 4 is 18.0 Å². The fourth-order valence-electron chi connectivity index (χ4n) is 9.07. The van der Waals surface area contributed by atoms with Gasteiger partial charge >= 0.3 is 18.0 Å². The molecule has 2 atom stereocenters. The summed E-state index contributed by atoms with van der Waals surface area (Å²) < 4.78 is 17.4. The van der Waals surface area contributed by atoms with Gasteiger partial charge in [0.05, 0.1) is 13.2 Å². The van der Waals surface area contributed by atoms with E-state index in [4.69, 9.17) is 14.2 Å². The molecular weight excluding hydrogens is 773 g/mol. The van der Waals surface area contributed by atoms with E-state index in [1.165, 1.54) is 154 Å². The van der Waals surface area contributed by atoms with Crippen molar-refractivity contribution in [3.8, 4) is 0 Å². The van der Waals surface area contributed by atoms with Gasteiger partial charge in [-0.05, 0) is 110 Å². The Hall–Kier alpha value is -1.83. The van der Waals surface area contributed by atoms with Gasteiger partial charge in [0, 0.05) is 32.0 Å². The number of hydrogen-bond acceptors (Lipinski definition) is 7. The topological polar surface area (TPSA) is 85.4 Å². The molecule has 62 heavy (non-hydrogen) atoms. The monoisotopic (exact) mass is 877 g/mol. The molecular formula is C54H104N2O6. The zero-order valence-electron chi connectivity index (χ0n) is 42.4. The van der Waals surface area contributed by atoms with Gasteiger partial charge in [-0.25, -0.2) is 4.79 Å². The van der Waals surface area contributed by atoms with Gasteiger partial charge in [0.2, 0.25) is 0 Å². The van der Waals surface area contributed by atoms with Crippen LogP contribution in [0.5, 0.6) is 0 Å². The summed E-state index contributed by atoms with van der Waals surface area (Å²) >= 11 is 0. The Balaban J connectivity index is 2.58. The molecule has 0 N–H and O–H groups in total. The molecule has 0 aromatic rings. The van der Waals surface area contributed by atoms with Crippen LogP contribution in [-0.2, 0) is 23.8 Å². The van der Waals surface area contributed by atoms with Crippen LogP contribution in [0.1, 0.15) is 267 Å². The van der Waals surface area contributed by atoms with E-state index in [1.54, 1.807) is 0 Å². The number of piperidine rings is 1. The van der Waals surface area contributed by atoms with E-state index in [2.05, 4.69) is 32.6 Å². The molecule has 1 aliphatic heterocycles. The first-order valence-electron chi connectivity index (χ1n) is 27.1. The first-order valence-corrected chi connectivity index (χ1v) is 27.1. The molecule has 8 nitrogen and oxygen atoms in total. The summed E-state index contributed by atoms with van der Waals surface area (Å²) in [6.45, 7) is 19.4. The van der Waals surface area contributed by atoms with E-state index in [-0.39, 0.29) is 18.0 Å². The molecule has 366 valence electrons. The molecule has 2 unspecified atom stereocenters. The first kappa shape index (κ1) is 58.2. The van der Waals surface area contributed by atoms with Crippen LogP contribution in [0.3, 0.4) is 0 Å². The first-order chi connectivity index (χ1) is 30.0. The lowest BCUT2D eigenvalue weighted by Crippen LogP contribution is -2.48. The third-order valence-corrected chi connectivity index (χ3v) is 13.1. The lowest BCUT2D eigenvalue weighted by atomic mass is 9.95. The molecule has 0 aliphatic carbocycles. The van der Waals surface area contributed by atoms with Crippen molar-refractivity contribution in [1.82, 2.24) is 9.80 Å². The van der Waals surface area contributed by atoms with Crippen LogP contribution in [-0.4, -0.2) is 78.9 Å². The van der Waals surface area contributed by atoms with Gasteiger partial charge in [-0.15, -0.1) is 0 Å². The van der Waals surface area contributed by atoms with Crippen molar-refractivity contribution in [1.29, 1.82) is 0 Å². The Morgan fingerprint density at radius 3 is 1.21 bits per heavy atom. The van der Waals surface area contributed by atoms with Gasteiger partial charge in [0.25, 0.3) is 0 Å². The van der Waals surface area contributed by atoms with Gasteiger partial charge in [0.1, 0.15) is 5.60 Å². The van der Waals surface area contributed by atoms with Gasteiger partial charge in [-0.2, -0.15) is 0 Å². The molecule has 0 aromatic heterocycles. The second-order valence-corrected chi connectivity index (χ2v) is 20.3. The molecule has 1 saturated heterocycles. The van der Waals surface area contributed by atoms with Crippen molar-refractivity contribution in [2.45, 2.75) is 278 Å². The zero-order chi connectivity index (χ0) is 45.5. The quantitative estimate of drug-likeness (QED) is 0.0343. The number of carbonyl (C=O) groups is 3. The smallest absolute Gasteiger partial charge is 0.410 e. The average molecular weight is 877 g/mol. The lowest BCUT2D eigenvalue weighted by molar-refractivity contribution is -0.146. The van der Waals surface area contributed by atoms with Crippen molar-refractivity contribution in [3.05, 3.63) is 0 Å². The summed E-state index contributed by atoms with van der Waals surface area (Å²) in [4.78, 5) is 43.0. The van der Waals surface area contributed by atoms with Crippen molar-refractivity contribution in [2.75, 3.05) is 39.4 Å². The summed E-state index contributed by atoms with van der Waals surface area (Å²) in [7, 11) is 0. The summed E-state index contributed by atoms with van der Waals surface area (Å²) in [5.74, 6) is 0.939. The average Bonchev–Trinajstić information content (AvgIpc) is 3.25. The second-order valence-electron chi connectivity index (χ2n) is 20.3. The highest BCUT2D eigenvalue weighted by atomic mass is 16.6.